The largest absolute Gasteiger partial charge is 0.269 e. The molecule has 0 aliphatic rings. The first-order chi connectivity index (χ1) is 9.86. The molecule has 0 heterocycles. The molecule has 0 aliphatic carbocycles. The summed E-state index contributed by atoms with van der Waals surface area (Å²) in [6.45, 7) is 3.92. The van der Waals surface area contributed by atoms with E-state index in [0.717, 1.165) is 18.6 Å². The summed E-state index contributed by atoms with van der Waals surface area (Å²) in [4.78, 5) is 10.0. The van der Waals surface area contributed by atoms with E-state index in [1.807, 2.05) is 6.92 Å². The second-order valence-corrected chi connectivity index (χ2v) is 7.57. The quantitative estimate of drug-likeness (QED) is 0.427. The molecule has 0 saturated carbocycles. The maximum Gasteiger partial charge on any atom is 0.269 e. The van der Waals surface area contributed by atoms with Crippen molar-refractivity contribution in [2.45, 2.75) is 37.6 Å². The van der Waals surface area contributed by atoms with Gasteiger partial charge in [-0.25, -0.2) is 13.1 Å². The first-order valence-electron chi connectivity index (χ1n) is 6.71. The van der Waals surface area contributed by atoms with Crippen LogP contribution in [0.3, 0.4) is 0 Å². The molecule has 1 aromatic rings. The fourth-order valence-corrected chi connectivity index (χ4v) is 4.07. The number of nitro benzene ring substituents is 1. The SMILES string of the molecule is CCCCSCC(C)NS(=O)(=O)c1ccc([N+](=O)[O-])cc1. The van der Waals surface area contributed by atoms with Gasteiger partial charge in [-0.2, -0.15) is 11.8 Å². The standard InChI is InChI=1S/C13H20N2O4S2/c1-3-4-9-20-10-11(2)14-21(18,19)13-7-5-12(6-8-13)15(16)17/h5-8,11,14H,3-4,9-10H2,1-2H3. The van der Waals surface area contributed by atoms with Crippen molar-refractivity contribution in [1.82, 2.24) is 4.72 Å². The van der Waals surface area contributed by atoms with Crippen molar-refractivity contribution >= 4 is 27.5 Å². The van der Waals surface area contributed by atoms with Gasteiger partial charge in [-0.1, -0.05) is 13.3 Å². The molecule has 118 valence electrons. The summed E-state index contributed by atoms with van der Waals surface area (Å²) in [5.41, 5.74) is -0.128. The highest BCUT2D eigenvalue weighted by molar-refractivity contribution is 7.99. The normalized spacial score (nSPS) is 13.0. The van der Waals surface area contributed by atoms with E-state index in [2.05, 4.69) is 11.6 Å². The highest BCUT2D eigenvalue weighted by Gasteiger charge is 2.18. The van der Waals surface area contributed by atoms with Crippen LogP contribution >= 0.6 is 11.8 Å². The molecule has 21 heavy (non-hydrogen) atoms. The molecule has 0 saturated heterocycles. The van der Waals surface area contributed by atoms with E-state index in [9.17, 15) is 18.5 Å². The number of sulfonamides is 1. The average Bonchev–Trinajstić information content (AvgIpc) is 2.43. The number of non-ortho nitro benzene ring substituents is 1. The Hall–Kier alpha value is -1.12. The van der Waals surface area contributed by atoms with Crippen LogP contribution in [0.1, 0.15) is 26.7 Å². The Bertz CT molecular complexity index is 558. The molecule has 0 radical (unpaired) electrons. The topological polar surface area (TPSA) is 89.3 Å². The molecule has 8 heteroatoms. The molecule has 1 rings (SSSR count). The lowest BCUT2D eigenvalue weighted by Gasteiger charge is -2.13. The molecule has 0 spiro atoms. The van der Waals surface area contributed by atoms with Gasteiger partial charge in [0.1, 0.15) is 0 Å². The first-order valence-corrected chi connectivity index (χ1v) is 9.35. The number of nitro groups is 1. The van der Waals surface area contributed by atoms with Crippen molar-refractivity contribution in [3.8, 4) is 0 Å². The first kappa shape index (κ1) is 17.9. The number of nitrogens with one attached hydrogen (secondary N) is 1. The Morgan fingerprint density at radius 3 is 2.48 bits per heavy atom. The number of nitrogens with zero attached hydrogens (tertiary/aromatic N) is 1. The van der Waals surface area contributed by atoms with Gasteiger partial charge in [0, 0.05) is 23.9 Å². The molecule has 1 unspecified atom stereocenters. The third-order valence-electron chi connectivity index (χ3n) is 2.72. The molecular weight excluding hydrogens is 312 g/mol. The van der Waals surface area contributed by atoms with Gasteiger partial charge in [-0.05, 0) is 31.2 Å². The minimum Gasteiger partial charge on any atom is -0.258 e. The smallest absolute Gasteiger partial charge is 0.258 e. The summed E-state index contributed by atoms with van der Waals surface area (Å²) in [5.74, 6) is 1.71. The van der Waals surface area contributed by atoms with Crippen LogP contribution in [-0.2, 0) is 10.0 Å². The van der Waals surface area contributed by atoms with Crippen LogP contribution in [0, 0.1) is 10.1 Å². The Balaban J connectivity index is 2.62. The summed E-state index contributed by atoms with van der Waals surface area (Å²) < 4.78 is 26.8. The molecule has 1 aromatic carbocycles. The van der Waals surface area contributed by atoms with E-state index in [4.69, 9.17) is 0 Å². The maximum absolute atomic E-state index is 12.1. The van der Waals surface area contributed by atoms with Crippen LogP contribution in [0.25, 0.3) is 0 Å². The van der Waals surface area contributed by atoms with Gasteiger partial charge in [0.2, 0.25) is 10.0 Å². The second-order valence-electron chi connectivity index (χ2n) is 4.70. The van der Waals surface area contributed by atoms with Crippen LogP contribution in [0.4, 0.5) is 5.69 Å². The van der Waals surface area contributed by atoms with E-state index in [-0.39, 0.29) is 16.6 Å². The number of hydrogen-bond donors (Lipinski definition) is 1. The Kier molecular flexibility index (Phi) is 7.13. The van der Waals surface area contributed by atoms with Crippen molar-refractivity contribution in [1.29, 1.82) is 0 Å². The third kappa shape index (κ3) is 6.03. The summed E-state index contributed by atoms with van der Waals surface area (Å²) in [6, 6.07) is 4.69. The van der Waals surface area contributed by atoms with Gasteiger partial charge in [0.15, 0.2) is 0 Å². The summed E-state index contributed by atoms with van der Waals surface area (Å²) in [5, 5.41) is 10.5. The lowest BCUT2D eigenvalue weighted by atomic mass is 10.3. The van der Waals surface area contributed by atoms with Gasteiger partial charge >= 0.3 is 0 Å². The number of hydrogen-bond acceptors (Lipinski definition) is 5. The minimum absolute atomic E-state index is 0.0403. The van der Waals surface area contributed by atoms with Crippen LogP contribution in [-0.4, -0.2) is 30.9 Å². The molecule has 0 bridgehead atoms. The molecule has 0 amide bonds. The molecule has 0 aromatic heterocycles. The zero-order valence-electron chi connectivity index (χ0n) is 12.1. The Morgan fingerprint density at radius 1 is 1.33 bits per heavy atom. The summed E-state index contributed by atoms with van der Waals surface area (Å²) >= 11 is 1.71. The van der Waals surface area contributed by atoms with Gasteiger partial charge in [-0.3, -0.25) is 10.1 Å². The highest BCUT2D eigenvalue weighted by Crippen LogP contribution is 2.16. The maximum atomic E-state index is 12.1. The van der Waals surface area contributed by atoms with Crippen LogP contribution in [0.5, 0.6) is 0 Å². The van der Waals surface area contributed by atoms with Gasteiger partial charge in [-0.15, -0.1) is 0 Å². The molecule has 6 nitrogen and oxygen atoms in total. The van der Waals surface area contributed by atoms with E-state index < -0.39 is 14.9 Å². The fourth-order valence-electron chi connectivity index (χ4n) is 1.62. The van der Waals surface area contributed by atoms with E-state index >= 15 is 0 Å². The zero-order chi connectivity index (χ0) is 15.9. The molecular formula is C13H20N2O4S2. The third-order valence-corrected chi connectivity index (χ3v) is 5.64. The van der Waals surface area contributed by atoms with Gasteiger partial charge in [0.05, 0.1) is 9.82 Å². The number of unbranched alkanes of at least 4 members (excludes halogenated alkanes) is 1. The average molecular weight is 332 g/mol. The molecule has 1 atom stereocenters. The molecule has 0 fully saturated rings. The lowest BCUT2D eigenvalue weighted by molar-refractivity contribution is -0.384. The minimum atomic E-state index is -3.63. The van der Waals surface area contributed by atoms with Crippen molar-refractivity contribution in [3.05, 3.63) is 34.4 Å². The van der Waals surface area contributed by atoms with Gasteiger partial charge < -0.3 is 0 Å². The van der Waals surface area contributed by atoms with Crippen molar-refractivity contribution < 1.29 is 13.3 Å². The van der Waals surface area contributed by atoms with Crippen LogP contribution < -0.4 is 4.72 Å². The van der Waals surface area contributed by atoms with Gasteiger partial charge in [0.25, 0.3) is 5.69 Å². The Morgan fingerprint density at radius 2 is 1.95 bits per heavy atom. The van der Waals surface area contributed by atoms with Crippen LogP contribution in [0.15, 0.2) is 29.2 Å². The predicted octanol–water partition coefficient (Wildman–Crippen LogP) is 2.79. The molecule has 0 aliphatic heterocycles. The van der Waals surface area contributed by atoms with E-state index in [1.165, 1.54) is 24.3 Å². The second kappa shape index (κ2) is 8.35. The predicted molar refractivity (Wildman–Crippen MR) is 85.1 cm³/mol. The fraction of sp³-hybridized carbons (Fsp3) is 0.538. The van der Waals surface area contributed by atoms with Crippen molar-refractivity contribution in [3.63, 3.8) is 0 Å². The number of rotatable bonds is 9. The van der Waals surface area contributed by atoms with E-state index in [0.29, 0.717) is 5.75 Å². The Labute approximate surface area is 129 Å². The van der Waals surface area contributed by atoms with Crippen molar-refractivity contribution in [2.75, 3.05) is 11.5 Å². The molecule has 1 N–H and O–H groups in total. The van der Waals surface area contributed by atoms with E-state index in [1.54, 1.807) is 11.8 Å². The number of benzene rings is 1. The lowest BCUT2D eigenvalue weighted by Crippen LogP contribution is -2.34. The number of thioether (sulfide) groups is 1. The van der Waals surface area contributed by atoms with Crippen molar-refractivity contribution in [2.24, 2.45) is 0 Å². The summed E-state index contributed by atoms with van der Waals surface area (Å²) in [6.07, 6.45) is 2.24. The highest BCUT2D eigenvalue weighted by atomic mass is 32.2. The zero-order valence-corrected chi connectivity index (χ0v) is 13.7. The summed E-state index contributed by atoms with van der Waals surface area (Å²) in [7, 11) is -3.63. The monoisotopic (exact) mass is 332 g/mol. The van der Waals surface area contributed by atoms with Crippen LogP contribution in [0.2, 0.25) is 0 Å².